The lowest BCUT2D eigenvalue weighted by atomic mass is 10.0. The van der Waals surface area contributed by atoms with Crippen molar-refractivity contribution < 1.29 is 9.26 Å². The number of nitrogen functional groups attached to an aromatic ring is 1. The summed E-state index contributed by atoms with van der Waals surface area (Å²) in [7, 11) is 0. The number of hydrogen-bond acceptors (Lipinski definition) is 5. The van der Waals surface area contributed by atoms with E-state index in [2.05, 4.69) is 10.1 Å². The Morgan fingerprint density at radius 3 is 2.72 bits per heavy atom. The van der Waals surface area contributed by atoms with Crippen LogP contribution in [0.1, 0.15) is 24.7 Å². The van der Waals surface area contributed by atoms with Gasteiger partial charge in [-0.05, 0) is 25.0 Å². The molecule has 0 bridgehead atoms. The molecule has 0 atom stereocenters. The molecule has 1 fully saturated rings. The van der Waals surface area contributed by atoms with Crippen molar-refractivity contribution in [2.45, 2.75) is 18.8 Å². The van der Waals surface area contributed by atoms with Gasteiger partial charge >= 0.3 is 0 Å². The normalized spacial score (nSPS) is 16.9. The highest BCUT2D eigenvalue weighted by molar-refractivity contribution is 5.70. The first kappa shape index (κ1) is 11.2. The standard InChI is InChI=1S/C13H15N3O2/c14-11-4-2-1-3-10(11)12-15-13(18-16-12)9-5-7-17-8-6-9/h1-4,9H,5-8,14H2. The highest BCUT2D eigenvalue weighted by Gasteiger charge is 2.22. The summed E-state index contributed by atoms with van der Waals surface area (Å²) in [5.41, 5.74) is 7.38. The van der Waals surface area contributed by atoms with Crippen LogP contribution < -0.4 is 5.73 Å². The predicted molar refractivity (Wildman–Crippen MR) is 66.9 cm³/mol. The molecule has 2 N–H and O–H groups in total. The fourth-order valence-electron chi connectivity index (χ4n) is 2.16. The predicted octanol–water partition coefficient (Wildman–Crippen LogP) is 2.21. The van der Waals surface area contributed by atoms with Crippen LogP contribution in [0.15, 0.2) is 28.8 Å². The topological polar surface area (TPSA) is 74.2 Å². The van der Waals surface area contributed by atoms with E-state index in [-0.39, 0.29) is 0 Å². The van der Waals surface area contributed by atoms with Crippen LogP contribution in [-0.4, -0.2) is 23.4 Å². The molecule has 1 saturated heterocycles. The van der Waals surface area contributed by atoms with Crippen molar-refractivity contribution in [1.29, 1.82) is 0 Å². The smallest absolute Gasteiger partial charge is 0.230 e. The van der Waals surface area contributed by atoms with Crippen molar-refractivity contribution in [1.82, 2.24) is 10.1 Å². The molecule has 1 aromatic heterocycles. The first-order chi connectivity index (χ1) is 8.84. The molecular weight excluding hydrogens is 230 g/mol. The minimum Gasteiger partial charge on any atom is -0.398 e. The number of ether oxygens (including phenoxy) is 1. The maximum absolute atomic E-state index is 5.90. The Labute approximate surface area is 105 Å². The number of hydrogen-bond donors (Lipinski definition) is 1. The van der Waals surface area contributed by atoms with E-state index in [9.17, 15) is 0 Å². The average molecular weight is 245 g/mol. The molecule has 5 heteroatoms. The van der Waals surface area contributed by atoms with E-state index in [1.807, 2.05) is 24.3 Å². The van der Waals surface area contributed by atoms with Crippen molar-refractivity contribution in [2.75, 3.05) is 18.9 Å². The third-order valence-electron chi connectivity index (χ3n) is 3.21. The third kappa shape index (κ3) is 2.09. The van der Waals surface area contributed by atoms with Gasteiger partial charge in [0.25, 0.3) is 0 Å². The van der Waals surface area contributed by atoms with Gasteiger partial charge < -0.3 is 15.0 Å². The number of rotatable bonds is 2. The molecule has 2 heterocycles. The van der Waals surface area contributed by atoms with Crippen molar-refractivity contribution in [2.24, 2.45) is 0 Å². The van der Waals surface area contributed by atoms with Crippen LogP contribution in [0.25, 0.3) is 11.4 Å². The van der Waals surface area contributed by atoms with Gasteiger partial charge in [0, 0.05) is 30.4 Å². The second-order valence-electron chi connectivity index (χ2n) is 4.43. The molecule has 0 amide bonds. The largest absolute Gasteiger partial charge is 0.398 e. The third-order valence-corrected chi connectivity index (χ3v) is 3.21. The second-order valence-corrected chi connectivity index (χ2v) is 4.43. The number of para-hydroxylation sites is 1. The zero-order chi connectivity index (χ0) is 12.4. The van der Waals surface area contributed by atoms with Crippen LogP contribution in [0.2, 0.25) is 0 Å². The molecule has 3 rings (SSSR count). The number of anilines is 1. The zero-order valence-electron chi connectivity index (χ0n) is 10.0. The molecule has 2 aromatic rings. The molecule has 0 radical (unpaired) electrons. The second kappa shape index (κ2) is 4.78. The van der Waals surface area contributed by atoms with E-state index < -0.39 is 0 Å². The molecule has 1 aliphatic heterocycles. The number of nitrogens with zero attached hydrogens (tertiary/aromatic N) is 2. The highest BCUT2D eigenvalue weighted by atomic mass is 16.5. The molecule has 0 spiro atoms. The highest BCUT2D eigenvalue weighted by Crippen LogP contribution is 2.28. The Morgan fingerprint density at radius 2 is 1.94 bits per heavy atom. The van der Waals surface area contributed by atoms with Gasteiger partial charge in [-0.3, -0.25) is 0 Å². The van der Waals surface area contributed by atoms with Crippen LogP contribution in [0.4, 0.5) is 5.69 Å². The van der Waals surface area contributed by atoms with E-state index in [0.717, 1.165) is 31.6 Å². The van der Waals surface area contributed by atoms with Crippen LogP contribution in [0.5, 0.6) is 0 Å². The summed E-state index contributed by atoms with van der Waals surface area (Å²) < 4.78 is 10.7. The number of benzene rings is 1. The summed E-state index contributed by atoms with van der Waals surface area (Å²) in [5, 5.41) is 4.02. The molecule has 0 aliphatic carbocycles. The fraction of sp³-hybridized carbons (Fsp3) is 0.385. The molecule has 0 unspecified atom stereocenters. The lowest BCUT2D eigenvalue weighted by Crippen LogP contribution is -2.14. The summed E-state index contributed by atoms with van der Waals surface area (Å²) in [4.78, 5) is 4.45. The zero-order valence-corrected chi connectivity index (χ0v) is 10.0. The van der Waals surface area contributed by atoms with Gasteiger partial charge in [0.15, 0.2) is 0 Å². The first-order valence-electron chi connectivity index (χ1n) is 6.11. The molecule has 1 aliphatic rings. The molecule has 1 aromatic carbocycles. The summed E-state index contributed by atoms with van der Waals surface area (Å²) in [6.45, 7) is 1.52. The first-order valence-corrected chi connectivity index (χ1v) is 6.11. The van der Waals surface area contributed by atoms with E-state index in [0.29, 0.717) is 23.3 Å². The van der Waals surface area contributed by atoms with Gasteiger partial charge in [0.2, 0.25) is 11.7 Å². The molecule has 18 heavy (non-hydrogen) atoms. The van der Waals surface area contributed by atoms with E-state index >= 15 is 0 Å². The molecule has 5 nitrogen and oxygen atoms in total. The minimum absolute atomic E-state index is 0.310. The van der Waals surface area contributed by atoms with E-state index in [4.69, 9.17) is 15.0 Å². The van der Waals surface area contributed by atoms with Gasteiger partial charge in [-0.25, -0.2) is 0 Å². The van der Waals surface area contributed by atoms with Gasteiger partial charge in [0.1, 0.15) is 0 Å². The number of nitrogens with two attached hydrogens (primary N) is 1. The fourth-order valence-corrected chi connectivity index (χ4v) is 2.16. The van der Waals surface area contributed by atoms with Gasteiger partial charge in [-0.15, -0.1) is 0 Å². The quantitative estimate of drug-likeness (QED) is 0.821. The Hall–Kier alpha value is -1.88. The van der Waals surface area contributed by atoms with Crippen LogP contribution >= 0.6 is 0 Å². The Morgan fingerprint density at radius 1 is 1.17 bits per heavy atom. The SMILES string of the molecule is Nc1ccccc1-c1noc(C2CCOCC2)n1. The van der Waals surface area contributed by atoms with Crippen molar-refractivity contribution in [3.05, 3.63) is 30.2 Å². The van der Waals surface area contributed by atoms with Gasteiger partial charge in [0.05, 0.1) is 0 Å². The maximum Gasteiger partial charge on any atom is 0.230 e. The van der Waals surface area contributed by atoms with Crippen molar-refractivity contribution in [3.63, 3.8) is 0 Å². The molecule has 0 saturated carbocycles. The Balaban J connectivity index is 1.87. The summed E-state index contributed by atoms with van der Waals surface area (Å²) >= 11 is 0. The van der Waals surface area contributed by atoms with Crippen molar-refractivity contribution in [3.8, 4) is 11.4 Å². The van der Waals surface area contributed by atoms with Crippen LogP contribution in [-0.2, 0) is 4.74 Å². The lowest BCUT2D eigenvalue weighted by molar-refractivity contribution is 0.0778. The van der Waals surface area contributed by atoms with Crippen LogP contribution in [0.3, 0.4) is 0 Å². The lowest BCUT2D eigenvalue weighted by Gasteiger charge is -2.17. The van der Waals surface area contributed by atoms with E-state index in [1.165, 1.54) is 0 Å². The van der Waals surface area contributed by atoms with Crippen LogP contribution in [0, 0.1) is 0 Å². The summed E-state index contributed by atoms with van der Waals surface area (Å²) in [6.07, 6.45) is 1.87. The van der Waals surface area contributed by atoms with E-state index in [1.54, 1.807) is 0 Å². The summed E-state index contributed by atoms with van der Waals surface area (Å²) in [6, 6.07) is 7.53. The van der Waals surface area contributed by atoms with Crippen molar-refractivity contribution >= 4 is 5.69 Å². The Kier molecular flexibility index (Phi) is 2.98. The summed E-state index contributed by atoms with van der Waals surface area (Å²) in [5.74, 6) is 1.57. The monoisotopic (exact) mass is 245 g/mol. The van der Waals surface area contributed by atoms with Gasteiger partial charge in [-0.1, -0.05) is 17.3 Å². The molecule has 94 valence electrons. The minimum atomic E-state index is 0.310. The Bertz CT molecular complexity index is 533. The maximum atomic E-state index is 5.90. The molecular formula is C13H15N3O2. The van der Waals surface area contributed by atoms with Gasteiger partial charge in [-0.2, -0.15) is 4.98 Å². The average Bonchev–Trinajstić information content (AvgIpc) is 2.90. The number of aromatic nitrogens is 2.